The van der Waals surface area contributed by atoms with Gasteiger partial charge in [-0.2, -0.15) is 0 Å². The second-order valence-electron chi connectivity index (χ2n) is 4.76. The molecule has 104 valence electrons. The smallest absolute Gasteiger partial charge is 0.193 e. The minimum atomic E-state index is 0. The number of halogens is 1. The van der Waals surface area contributed by atoms with Crippen molar-refractivity contribution >= 4 is 35.6 Å². The molecule has 0 aliphatic heterocycles. The first-order valence-electron chi connectivity index (χ1n) is 6.55. The van der Waals surface area contributed by atoms with Crippen molar-refractivity contribution in [3.05, 3.63) is 41.5 Å². The van der Waals surface area contributed by atoms with E-state index in [1.165, 1.54) is 30.4 Å². The first-order valence-corrected chi connectivity index (χ1v) is 6.55. The van der Waals surface area contributed by atoms with Gasteiger partial charge in [0.15, 0.2) is 5.96 Å². The third kappa shape index (κ3) is 5.63. The predicted octanol–water partition coefficient (Wildman–Crippen LogP) is 3.84. The number of nitrogens with two attached hydrogens (primary N) is 1. The third-order valence-electron chi connectivity index (χ3n) is 3.17. The van der Waals surface area contributed by atoms with E-state index in [0.717, 1.165) is 18.7 Å². The van der Waals surface area contributed by atoms with E-state index in [0.29, 0.717) is 5.96 Å². The van der Waals surface area contributed by atoms with Crippen LogP contribution in [-0.4, -0.2) is 12.5 Å². The lowest BCUT2D eigenvalue weighted by Crippen LogP contribution is -2.22. The molecule has 0 radical (unpaired) electrons. The highest BCUT2D eigenvalue weighted by Crippen LogP contribution is 2.20. The zero-order chi connectivity index (χ0) is 12.8. The van der Waals surface area contributed by atoms with Gasteiger partial charge in [0.2, 0.25) is 0 Å². The lowest BCUT2D eigenvalue weighted by Gasteiger charge is -2.06. The van der Waals surface area contributed by atoms with Crippen molar-refractivity contribution in [2.45, 2.75) is 32.6 Å². The molecule has 0 saturated heterocycles. The van der Waals surface area contributed by atoms with E-state index in [1.54, 1.807) is 0 Å². The number of rotatable bonds is 4. The van der Waals surface area contributed by atoms with E-state index in [4.69, 9.17) is 5.73 Å². The lowest BCUT2D eigenvalue weighted by molar-refractivity contribution is 0.850. The molecule has 0 spiro atoms. The number of nitrogens with one attached hydrogen (secondary N) is 1. The first kappa shape index (κ1) is 16.0. The van der Waals surface area contributed by atoms with Crippen LogP contribution in [0.25, 0.3) is 0 Å². The minimum absolute atomic E-state index is 0. The highest BCUT2D eigenvalue weighted by Gasteiger charge is 2.03. The topological polar surface area (TPSA) is 50.4 Å². The van der Waals surface area contributed by atoms with Crippen molar-refractivity contribution < 1.29 is 0 Å². The highest BCUT2D eigenvalue weighted by atomic mass is 127. The van der Waals surface area contributed by atoms with E-state index in [2.05, 4.69) is 35.4 Å². The van der Waals surface area contributed by atoms with E-state index in [-0.39, 0.29) is 24.0 Å². The Morgan fingerprint density at radius 2 is 2.05 bits per heavy atom. The van der Waals surface area contributed by atoms with E-state index in [9.17, 15) is 0 Å². The van der Waals surface area contributed by atoms with Crippen LogP contribution in [0.3, 0.4) is 0 Å². The number of benzene rings is 1. The summed E-state index contributed by atoms with van der Waals surface area (Å²) in [6, 6.07) is 8.13. The SMILES string of the molecule is Cc1ccc(NC(N)=NCCC2=CCCC2)cc1.I. The van der Waals surface area contributed by atoms with Gasteiger partial charge in [-0.3, -0.25) is 4.99 Å². The van der Waals surface area contributed by atoms with Crippen molar-refractivity contribution in [1.29, 1.82) is 0 Å². The second-order valence-corrected chi connectivity index (χ2v) is 4.76. The largest absolute Gasteiger partial charge is 0.370 e. The van der Waals surface area contributed by atoms with Gasteiger partial charge in [-0.25, -0.2) is 0 Å². The second kappa shape index (κ2) is 8.19. The molecule has 0 saturated carbocycles. The maximum absolute atomic E-state index is 5.85. The molecule has 3 N–H and O–H groups in total. The Morgan fingerprint density at radius 3 is 2.68 bits per heavy atom. The summed E-state index contributed by atoms with van der Waals surface area (Å²) in [5.74, 6) is 0.498. The Bertz CT molecular complexity index is 449. The van der Waals surface area contributed by atoms with Gasteiger partial charge in [-0.05, 0) is 44.7 Å². The highest BCUT2D eigenvalue weighted by molar-refractivity contribution is 14.0. The van der Waals surface area contributed by atoms with Gasteiger partial charge in [0, 0.05) is 12.2 Å². The summed E-state index contributed by atoms with van der Waals surface area (Å²) in [6.07, 6.45) is 7.14. The number of aliphatic imine (C=N–C) groups is 1. The van der Waals surface area contributed by atoms with Crippen LogP contribution in [0.2, 0.25) is 0 Å². The fourth-order valence-corrected chi connectivity index (χ4v) is 2.11. The lowest BCUT2D eigenvalue weighted by atomic mass is 10.2. The molecule has 1 aromatic carbocycles. The molecule has 4 heteroatoms. The molecule has 1 aliphatic carbocycles. The van der Waals surface area contributed by atoms with Crippen molar-refractivity contribution in [2.24, 2.45) is 10.7 Å². The summed E-state index contributed by atoms with van der Waals surface area (Å²) in [7, 11) is 0. The van der Waals surface area contributed by atoms with E-state index >= 15 is 0 Å². The standard InChI is InChI=1S/C15H21N3.HI/c1-12-6-8-14(9-7-12)18-15(16)17-11-10-13-4-2-3-5-13;/h4,6-9H,2-3,5,10-11H2,1H3,(H3,16,17,18);1H. The van der Waals surface area contributed by atoms with Crippen LogP contribution in [0.4, 0.5) is 5.69 Å². The molecule has 0 fully saturated rings. The van der Waals surface area contributed by atoms with Crippen molar-refractivity contribution in [3.8, 4) is 0 Å². The molecular weight excluding hydrogens is 349 g/mol. The summed E-state index contributed by atoms with van der Waals surface area (Å²) in [5.41, 5.74) is 9.61. The average Bonchev–Trinajstić information content (AvgIpc) is 2.85. The van der Waals surface area contributed by atoms with Crippen LogP contribution in [-0.2, 0) is 0 Å². The molecule has 0 heterocycles. The number of hydrogen-bond donors (Lipinski definition) is 2. The van der Waals surface area contributed by atoms with Crippen LogP contribution in [0.1, 0.15) is 31.2 Å². The molecule has 19 heavy (non-hydrogen) atoms. The Hall–Kier alpha value is -1.04. The Labute approximate surface area is 132 Å². The Kier molecular flexibility index (Phi) is 6.91. The van der Waals surface area contributed by atoms with Crippen LogP contribution in [0, 0.1) is 6.92 Å². The Balaban J connectivity index is 0.00000180. The molecule has 1 aliphatic rings. The summed E-state index contributed by atoms with van der Waals surface area (Å²) in [6.45, 7) is 2.84. The number of aryl methyl sites for hydroxylation is 1. The van der Waals surface area contributed by atoms with Gasteiger partial charge in [0.05, 0.1) is 0 Å². The zero-order valence-corrected chi connectivity index (χ0v) is 13.7. The number of guanidine groups is 1. The van der Waals surface area contributed by atoms with Gasteiger partial charge in [-0.15, -0.1) is 24.0 Å². The Morgan fingerprint density at radius 1 is 1.32 bits per heavy atom. The van der Waals surface area contributed by atoms with Crippen LogP contribution in [0.5, 0.6) is 0 Å². The molecule has 0 atom stereocenters. The fraction of sp³-hybridized carbons (Fsp3) is 0.400. The molecule has 1 aromatic rings. The molecule has 0 aromatic heterocycles. The predicted molar refractivity (Wildman–Crippen MR) is 93.3 cm³/mol. The maximum Gasteiger partial charge on any atom is 0.193 e. The van der Waals surface area contributed by atoms with Gasteiger partial charge < -0.3 is 11.1 Å². The van der Waals surface area contributed by atoms with Crippen LogP contribution < -0.4 is 11.1 Å². The van der Waals surface area contributed by atoms with Crippen molar-refractivity contribution in [1.82, 2.24) is 0 Å². The number of hydrogen-bond acceptors (Lipinski definition) is 1. The minimum Gasteiger partial charge on any atom is -0.370 e. The summed E-state index contributed by atoms with van der Waals surface area (Å²) < 4.78 is 0. The summed E-state index contributed by atoms with van der Waals surface area (Å²) in [5, 5.41) is 3.10. The third-order valence-corrected chi connectivity index (χ3v) is 3.17. The molecule has 3 nitrogen and oxygen atoms in total. The van der Waals surface area contributed by atoms with Crippen molar-refractivity contribution in [2.75, 3.05) is 11.9 Å². The molecule has 2 rings (SSSR count). The molecular formula is C15H22IN3. The molecule has 0 bridgehead atoms. The maximum atomic E-state index is 5.85. The zero-order valence-electron chi connectivity index (χ0n) is 11.4. The summed E-state index contributed by atoms with van der Waals surface area (Å²) >= 11 is 0. The van der Waals surface area contributed by atoms with Gasteiger partial charge in [-0.1, -0.05) is 29.3 Å². The molecule has 0 amide bonds. The molecule has 0 unspecified atom stereocenters. The number of anilines is 1. The van der Waals surface area contributed by atoms with E-state index < -0.39 is 0 Å². The number of allylic oxidation sites excluding steroid dienone is 1. The van der Waals surface area contributed by atoms with E-state index in [1.807, 2.05) is 12.1 Å². The fourth-order valence-electron chi connectivity index (χ4n) is 2.11. The van der Waals surface area contributed by atoms with Crippen LogP contribution in [0.15, 0.2) is 40.9 Å². The summed E-state index contributed by atoms with van der Waals surface area (Å²) in [4.78, 5) is 4.35. The van der Waals surface area contributed by atoms with Crippen LogP contribution >= 0.6 is 24.0 Å². The van der Waals surface area contributed by atoms with Gasteiger partial charge >= 0.3 is 0 Å². The number of nitrogens with zero attached hydrogens (tertiary/aromatic N) is 1. The van der Waals surface area contributed by atoms with Crippen molar-refractivity contribution in [3.63, 3.8) is 0 Å². The monoisotopic (exact) mass is 371 g/mol. The van der Waals surface area contributed by atoms with Gasteiger partial charge in [0.25, 0.3) is 0 Å². The normalized spacial score (nSPS) is 14.8. The van der Waals surface area contributed by atoms with Gasteiger partial charge in [0.1, 0.15) is 0 Å². The quantitative estimate of drug-likeness (QED) is 0.366. The average molecular weight is 371 g/mol. The first-order chi connectivity index (χ1) is 8.74.